The summed E-state index contributed by atoms with van der Waals surface area (Å²) in [4.78, 5) is 4.18. The fourth-order valence-electron chi connectivity index (χ4n) is 1.14. The van der Waals surface area contributed by atoms with Crippen LogP contribution < -0.4 is 11.1 Å². The number of nitrogens with zero attached hydrogens (tertiary/aromatic N) is 1. The van der Waals surface area contributed by atoms with Gasteiger partial charge in [-0.25, -0.2) is 0 Å². The van der Waals surface area contributed by atoms with Crippen molar-refractivity contribution < 1.29 is 9.47 Å². The van der Waals surface area contributed by atoms with Crippen LogP contribution in [0.25, 0.3) is 0 Å². The molecule has 0 aliphatic carbocycles. The van der Waals surface area contributed by atoms with Crippen LogP contribution in [0.5, 0.6) is 0 Å². The van der Waals surface area contributed by atoms with Gasteiger partial charge in [0.2, 0.25) is 0 Å². The highest BCUT2D eigenvalue weighted by Gasteiger charge is 1.94. The Morgan fingerprint density at radius 1 is 1.29 bits per heavy atom. The van der Waals surface area contributed by atoms with Crippen molar-refractivity contribution in [1.29, 1.82) is 0 Å². The molecule has 17 heavy (non-hydrogen) atoms. The lowest BCUT2D eigenvalue weighted by molar-refractivity contribution is 0.114. The van der Waals surface area contributed by atoms with Crippen LogP contribution in [0.3, 0.4) is 0 Å². The fraction of sp³-hybridized carbons (Fsp3) is 0.917. The molecule has 5 heteroatoms. The first-order valence-electron chi connectivity index (χ1n) is 6.36. The van der Waals surface area contributed by atoms with Crippen LogP contribution >= 0.6 is 0 Å². The molecule has 0 saturated heterocycles. The first-order chi connectivity index (χ1) is 8.16. The second-order valence-corrected chi connectivity index (χ2v) is 4.21. The van der Waals surface area contributed by atoms with Crippen molar-refractivity contribution in [3.8, 4) is 0 Å². The van der Waals surface area contributed by atoms with E-state index in [-0.39, 0.29) is 0 Å². The Labute approximate surface area is 105 Å². The first-order valence-corrected chi connectivity index (χ1v) is 6.36. The molecule has 3 N–H and O–H groups in total. The maximum Gasteiger partial charge on any atom is 0.188 e. The standard InChI is InChI=1S/C12H27N3O2/c1-4-16-8-5-6-14-12(13)15-7-9-17-10-11(2)3/h11H,4-10H2,1-3H3,(H3,13,14,15). The second kappa shape index (κ2) is 11.7. The number of nitrogens with two attached hydrogens (primary N) is 1. The normalized spacial score (nSPS) is 12.1. The lowest BCUT2D eigenvalue weighted by Crippen LogP contribution is -2.34. The van der Waals surface area contributed by atoms with Crippen molar-refractivity contribution in [2.75, 3.05) is 39.5 Å². The van der Waals surface area contributed by atoms with E-state index in [1.807, 2.05) is 6.92 Å². The highest BCUT2D eigenvalue weighted by atomic mass is 16.5. The molecule has 102 valence electrons. The van der Waals surface area contributed by atoms with E-state index in [1.54, 1.807) is 0 Å². The van der Waals surface area contributed by atoms with Crippen LogP contribution in [0, 0.1) is 5.92 Å². The smallest absolute Gasteiger partial charge is 0.188 e. The highest BCUT2D eigenvalue weighted by Crippen LogP contribution is 1.90. The zero-order valence-corrected chi connectivity index (χ0v) is 11.4. The number of aliphatic imine (C=N–C) groups is 1. The summed E-state index contributed by atoms with van der Waals surface area (Å²) >= 11 is 0. The molecule has 0 unspecified atom stereocenters. The summed E-state index contributed by atoms with van der Waals surface area (Å²) in [6, 6.07) is 0. The fourth-order valence-corrected chi connectivity index (χ4v) is 1.14. The number of hydrogen-bond donors (Lipinski definition) is 2. The molecule has 0 bridgehead atoms. The molecule has 0 aromatic heterocycles. The van der Waals surface area contributed by atoms with Crippen molar-refractivity contribution in [2.24, 2.45) is 16.6 Å². The molecule has 0 saturated carbocycles. The summed E-state index contributed by atoms with van der Waals surface area (Å²) in [5, 5.41) is 3.01. The van der Waals surface area contributed by atoms with Gasteiger partial charge in [-0.3, -0.25) is 4.99 Å². The van der Waals surface area contributed by atoms with Gasteiger partial charge in [0.15, 0.2) is 5.96 Å². The molecule has 5 nitrogen and oxygen atoms in total. The third kappa shape index (κ3) is 13.1. The Bertz CT molecular complexity index is 196. The minimum Gasteiger partial charge on any atom is -0.382 e. The molecule has 0 atom stereocenters. The molecule has 0 heterocycles. The van der Waals surface area contributed by atoms with Gasteiger partial charge in [0.05, 0.1) is 6.61 Å². The van der Waals surface area contributed by atoms with Crippen molar-refractivity contribution in [1.82, 2.24) is 5.32 Å². The van der Waals surface area contributed by atoms with Gasteiger partial charge in [-0.2, -0.15) is 0 Å². The number of rotatable bonds is 10. The lowest BCUT2D eigenvalue weighted by Gasteiger charge is -2.08. The van der Waals surface area contributed by atoms with Gasteiger partial charge >= 0.3 is 0 Å². The summed E-state index contributed by atoms with van der Waals surface area (Å²) in [5.41, 5.74) is 5.67. The predicted molar refractivity (Wildman–Crippen MR) is 71.3 cm³/mol. The Kier molecular flexibility index (Phi) is 11.1. The first kappa shape index (κ1) is 16.2. The van der Waals surface area contributed by atoms with Crippen LogP contribution in [0.2, 0.25) is 0 Å². The maximum atomic E-state index is 5.67. The third-order valence-electron chi connectivity index (χ3n) is 1.94. The van der Waals surface area contributed by atoms with Crippen molar-refractivity contribution in [3.63, 3.8) is 0 Å². The van der Waals surface area contributed by atoms with E-state index in [2.05, 4.69) is 24.2 Å². The zero-order chi connectivity index (χ0) is 12.9. The minimum absolute atomic E-state index is 0.481. The largest absolute Gasteiger partial charge is 0.382 e. The second-order valence-electron chi connectivity index (χ2n) is 4.21. The summed E-state index contributed by atoms with van der Waals surface area (Å²) in [6.45, 7) is 10.6. The molecule has 0 aliphatic rings. The molecule has 0 amide bonds. The van der Waals surface area contributed by atoms with Gasteiger partial charge in [-0.1, -0.05) is 13.8 Å². The van der Waals surface area contributed by atoms with Crippen LogP contribution in [0.1, 0.15) is 27.2 Å². The van der Waals surface area contributed by atoms with Gasteiger partial charge in [0.1, 0.15) is 0 Å². The molecule has 0 aromatic carbocycles. The van der Waals surface area contributed by atoms with Crippen LogP contribution in [-0.2, 0) is 9.47 Å². The third-order valence-corrected chi connectivity index (χ3v) is 1.94. The summed E-state index contributed by atoms with van der Waals surface area (Å²) < 4.78 is 10.6. The number of ether oxygens (including phenoxy) is 2. The summed E-state index contributed by atoms with van der Waals surface area (Å²) in [5.74, 6) is 1.05. The van der Waals surface area contributed by atoms with Crippen molar-refractivity contribution in [2.45, 2.75) is 27.2 Å². The van der Waals surface area contributed by atoms with Gasteiger partial charge in [0.25, 0.3) is 0 Å². The molecule has 0 rings (SSSR count). The quantitative estimate of drug-likeness (QED) is 0.342. The van der Waals surface area contributed by atoms with Gasteiger partial charge in [-0.05, 0) is 19.3 Å². The molecule has 0 radical (unpaired) electrons. The van der Waals surface area contributed by atoms with E-state index in [0.717, 1.165) is 26.2 Å². The molecule has 0 fully saturated rings. The molecular weight excluding hydrogens is 218 g/mol. The average Bonchev–Trinajstić information content (AvgIpc) is 2.28. The topological polar surface area (TPSA) is 68.9 Å². The van der Waals surface area contributed by atoms with Crippen molar-refractivity contribution >= 4 is 5.96 Å². The van der Waals surface area contributed by atoms with Crippen molar-refractivity contribution in [3.05, 3.63) is 0 Å². The maximum absolute atomic E-state index is 5.67. The van der Waals surface area contributed by atoms with E-state index in [1.165, 1.54) is 0 Å². The molecular formula is C12H27N3O2. The van der Waals surface area contributed by atoms with Gasteiger partial charge < -0.3 is 20.5 Å². The summed E-state index contributed by atoms with van der Waals surface area (Å²) in [7, 11) is 0. The Morgan fingerprint density at radius 2 is 2.06 bits per heavy atom. The zero-order valence-electron chi connectivity index (χ0n) is 11.4. The summed E-state index contributed by atoms with van der Waals surface area (Å²) in [6.07, 6.45) is 0.903. The average molecular weight is 245 g/mol. The van der Waals surface area contributed by atoms with E-state index >= 15 is 0 Å². The Morgan fingerprint density at radius 3 is 2.71 bits per heavy atom. The Balaban J connectivity index is 3.32. The van der Waals surface area contributed by atoms with Crippen LogP contribution in [0.4, 0.5) is 0 Å². The predicted octanol–water partition coefficient (Wildman–Crippen LogP) is 0.990. The van der Waals surface area contributed by atoms with Crippen LogP contribution in [-0.4, -0.2) is 45.5 Å². The monoisotopic (exact) mass is 245 g/mol. The van der Waals surface area contributed by atoms with E-state index in [4.69, 9.17) is 15.2 Å². The van der Waals surface area contributed by atoms with Gasteiger partial charge in [-0.15, -0.1) is 0 Å². The molecule has 0 aliphatic heterocycles. The molecule has 0 spiro atoms. The number of nitrogens with one attached hydrogen (secondary N) is 1. The number of guanidine groups is 1. The van der Waals surface area contributed by atoms with E-state index < -0.39 is 0 Å². The minimum atomic E-state index is 0.481. The Hall–Kier alpha value is -0.810. The number of hydrogen-bond acceptors (Lipinski definition) is 3. The van der Waals surface area contributed by atoms with Crippen LogP contribution in [0.15, 0.2) is 4.99 Å². The van der Waals surface area contributed by atoms with E-state index in [9.17, 15) is 0 Å². The highest BCUT2D eigenvalue weighted by molar-refractivity contribution is 5.77. The van der Waals surface area contributed by atoms with Gasteiger partial charge in [0, 0.05) is 32.9 Å². The lowest BCUT2D eigenvalue weighted by atomic mass is 10.2. The SMILES string of the molecule is CCOCCCN=C(N)NCCOCC(C)C. The molecule has 0 aromatic rings. The van der Waals surface area contributed by atoms with E-state index in [0.29, 0.717) is 31.6 Å².